The SMILES string of the molecule is Cc1cc([N+](=O)[O-])ccc1[S+](c1ccccc1)c1ccc([N+](=O)[O-])cc1C(F)(F)F. The van der Waals surface area contributed by atoms with Crippen LogP contribution in [0.15, 0.2) is 81.4 Å². The van der Waals surface area contributed by atoms with Crippen LogP contribution in [-0.4, -0.2) is 9.85 Å². The number of aryl methyl sites for hydroxylation is 1. The molecule has 6 nitrogen and oxygen atoms in total. The third-order valence-electron chi connectivity index (χ3n) is 4.27. The third kappa shape index (κ3) is 4.28. The molecular weight excluding hydrogens is 421 g/mol. The van der Waals surface area contributed by atoms with Crippen LogP contribution < -0.4 is 0 Å². The summed E-state index contributed by atoms with van der Waals surface area (Å²) in [6, 6.07) is 15.0. The lowest BCUT2D eigenvalue weighted by Crippen LogP contribution is -2.15. The first-order valence-electron chi connectivity index (χ1n) is 8.49. The maximum Gasteiger partial charge on any atom is 0.421 e. The number of nitrogens with zero attached hydrogens (tertiary/aromatic N) is 2. The van der Waals surface area contributed by atoms with Gasteiger partial charge >= 0.3 is 6.18 Å². The van der Waals surface area contributed by atoms with Crippen molar-refractivity contribution < 1.29 is 23.0 Å². The van der Waals surface area contributed by atoms with Crippen LogP contribution in [0.2, 0.25) is 0 Å². The molecule has 3 rings (SSSR count). The quantitative estimate of drug-likeness (QED) is 0.283. The fourth-order valence-electron chi connectivity index (χ4n) is 2.94. The molecule has 1 atom stereocenters. The summed E-state index contributed by atoms with van der Waals surface area (Å²) in [6.07, 6.45) is -4.82. The van der Waals surface area contributed by atoms with E-state index < -0.39 is 38.2 Å². The molecule has 0 aliphatic carbocycles. The maximum absolute atomic E-state index is 13.8. The van der Waals surface area contributed by atoms with Gasteiger partial charge in [0.15, 0.2) is 14.7 Å². The summed E-state index contributed by atoms with van der Waals surface area (Å²) in [6.45, 7) is 1.59. The first-order chi connectivity index (χ1) is 14.1. The number of benzene rings is 3. The van der Waals surface area contributed by atoms with Gasteiger partial charge in [-0.2, -0.15) is 13.2 Å². The fourth-order valence-corrected chi connectivity index (χ4v) is 5.29. The van der Waals surface area contributed by atoms with Crippen molar-refractivity contribution in [2.75, 3.05) is 0 Å². The number of halogens is 3. The summed E-state index contributed by atoms with van der Waals surface area (Å²) in [7, 11) is -1.29. The summed E-state index contributed by atoms with van der Waals surface area (Å²) < 4.78 is 41.5. The summed E-state index contributed by atoms with van der Waals surface area (Å²) in [5.41, 5.74) is -1.50. The fraction of sp³-hybridized carbons (Fsp3) is 0.100. The van der Waals surface area contributed by atoms with Crippen molar-refractivity contribution in [3.63, 3.8) is 0 Å². The molecule has 0 amide bonds. The van der Waals surface area contributed by atoms with Gasteiger partial charge < -0.3 is 0 Å². The van der Waals surface area contributed by atoms with Gasteiger partial charge in [-0.3, -0.25) is 20.2 Å². The first kappa shape index (κ1) is 21.3. The zero-order valence-electron chi connectivity index (χ0n) is 15.4. The molecule has 10 heteroatoms. The first-order valence-corrected chi connectivity index (χ1v) is 9.72. The second-order valence-electron chi connectivity index (χ2n) is 6.26. The van der Waals surface area contributed by atoms with E-state index in [1.54, 1.807) is 37.3 Å². The van der Waals surface area contributed by atoms with Crippen LogP contribution in [-0.2, 0) is 17.1 Å². The highest BCUT2D eigenvalue weighted by Gasteiger charge is 2.43. The number of hydrogen-bond acceptors (Lipinski definition) is 4. The van der Waals surface area contributed by atoms with Crippen molar-refractivity contribution in [1.29, 1.82) is 0 Å². The Hall–Kier alpha value is -3.40. The van der Waals surface area contributed by atoms with Crippen LogP contribution in [0.3, 0.4) is 0 Å². The van der Waals surface area contributed by atoms with Gasteiger partial charge in [0.1, 0.15) is 16.5 Å². The molecule has 0 fully saturated rings. The second-order valence-corrected chi connectivity index (χ2v) is 8.22. The molecule has 0 radical (unpaired) electrons. The lowest BCUT2D eigenvalue weighted by molar-refractivity contribution is -0.385. The predicted octanol–water partition coefficient (Wildman–Crippen LogP) is 5.93. The third-order valence-corrected chi connectivity index (χ3v) is 6.70. The molecule has 0 bridgehead atoms. The Morgan fingerprint density at radius 2 is 1.33 bits per heavy atom. The minimum Gasteiger partial charge on any atom is -0.258 e. The number of nitro groups is 2. The molecule has 3 aromatic rings. The second kappa shape index (κ2) is 8.15. The van der Waals surface area contributed by atoms with Crippen LogP contribution in [0.25, 0.3) is 0 Å². The highest BCUT2D eigenvalue weighted by atomic mass is 32.2. The van der Waals surface area contributed by atoms with Gasteiger partial charge in [0.25, 0.3) is 11.4 Å². The van der Waals surface area contributed by atoms with E-state index in [1.165, 1.54) is 18.2 Å². The molecule has 154 valence electrons. The van der Waals surface area contributed by atoms with Crippen molar-refractivity contribution in [3.8, 4) is 0 Å². The van der Waals surface area contributed by atoms with Crippen molar-refractivity contribution in [2.45, 2.75) is 27.8 Å². The highest BCUT2D eigenvalue weighted by Crippen LogP contribution is 2.42. The van der Waals surface area contributed by atoms with E-state index >= 15 is 0 Å². The molecule has 30 heavy (non-hydrogen) atoms. The van der Waals surface area contributed by atoms with E-state index in [-0.39, 0.29) is 10.6 Å². The number of nitro benzene ring substituents is 2. The molecule has 3 aromatic carbocycles. The van der Waals surface area contributed by atoms with Gasteiger partial charge in [-0.25, -0.2) is 0 Å². The zero-order chi connectivity index (χ0) is 22.1. The number of hydrogen-bond donors (Lipinski definition) is 0. The molecule has 0 aromatic heterocycles. The lowest BCUT2D eigenvalue weighted by atomic mass is 10.2. The van der Waals surface area contributed by atoms with Gasteiger partial charge in [-0.05, 0) is 19.1 Å². The van der Waals surface area contributed by atoms with E-state index in [0.29, 0.717) is 21.4 Å². The summed E-state index contributed by atoms with van der Waals surface area (Å²) >= 11 is 0. The predicted molar refractivity (Wildman–Crippen MR) is 105 cm³/mol. The normalized spacial score (nSPS) is 12.4. The van der Waals surface area contributed by atoms with Crippen molar-refractivity contribution in [1.82, 2.24) is 0 Å². The summed E-state index contributed by atoms with van der Waals surface area (Å²) in [5, 5.41) is 22.1. The van der Waals surface area contributed by atoms with Crippen LogP contribution >= 0.6 is 0 Å². The van der Waals surface area contributed by atoms with E-state index in [2.05, 4.69) is 0 Å². The molecule has 1 unspecified atom stereocenters. The molecule has 0 saturated heterocycles. The van der Waals surface area contributed by atoms with Crippen molar-refractivity contribution in [3.05, 3.63) is 98.1 Å². The van der Waals surface area contributed by atoms with E-state index in [0.717, 1.165) is 12.1 Å². The van der Waals surface area contributed by atoms with Crippen LogP contribution in [0.5, 0.6) is 0 Å². The van der Waals surface area contributed by atoms with E-state index in [9.17, 15) is 33.4 Å². The molecule has 0 saturated carbocycles. The topological polar surface area (TPSA) is 86.3 Å². The minimum atomic E-state index is -4.82. The Balaban J connectivity index is 2.31. The summed E-state index contributed by atoms with van der Waals surface area (Å²) in [4.78, 5) is 21.5. The molecule has 0 aliphatic heterocycles. The number of rotatable bonds is 5. The van der Waals surface area contributed by atoms with Crippen LogP contribution in [0.1, 0.15) is 11.1 Å². The van der Waals surface area contributed by atoms with Gasteiger partial charge in [0.05, 0.1) is 9.85 Å². The summed E-state index contributed by atoms with van der Waals surface area (Å²) in [5.74, 6) is 0. The largest absolute Gasteiger partial charge is 0.421 e. The monoisotopic (exact) mass is 435 g/mol. The van der Waals surface area contributed by atoms with Crippen molar-refractivity contribution in [2.24, 2.45) is 0 Å². The Bertz CT molecular complexity index is 1120. The molecule has 0 spiro atoms. The van der Waals surface area contributed by atoms with E-state index in [4.69, 9.17) is 0 Å². The number of alkyl halides is 3. The maximum atomic E-state index is 13.8. The Morgan fingerprint density at radius 3 is 1.83 bits per heavy atom. The molecule has 0 N–H and O–H groups in total. The Morgan fingerprint density at radius 1 is 0.800 bits per heavy atom. The minimum absolute atomic E-state index is 0.142. The van der Waals surface area contributed by atoms with Gasteiger partial charge in [-0.1, -0.05) is 18.2 Å². The van der Waals surface area contributed by atoms with Gasteiger partial charge in [0.2, 0.25) is 0 Å². The van der Waals surface area contributed by atoms with Crippen LogP contribution in [0.4, 0.5) is 24.5 Å². The van der Waals surface area contributed by atoms with Crippen molar-refractivity contribution >= 4 is 22.3 Å². The standard InChI is InChI=1S/C20H14F3N2O4S/c1-13-11-14(24(26)27)7-9-18(13)30(16-5-3-2-4-6-16)19-10-8-15(25(28)29)12-17(19)20(21,22)23/h2-12H,1H3/q+1. The van der Waals surface area contributed by atoms with Crippen LogP contribution in [0, 0.1) is 27.2 Å². The Kier molecular flexibility index (Phi) is 5.79. The zero-order valence-corrected chi connectivity index (χ0v) is 16.2. The molecule has 0 heterocycles. The Labute approximate surface area is 171 Å². The van der Waals surface area contributed by atoms with Gasteiger partial charge in [0, 0.05) is 42.0 Å². The molecular formula is C20H14F3N2O4S+. The highest BCUT2D eigenvalue weighted by molar-refractivity contribution is 7.97. The molecule has 0 aliphatic rings. The smallest absolute Gasteiger partial charge is 0.258 e. The average molecular weight is 435 g/mol. The average Bonchev–Trinajstić information content (AvgIpc) is 2.69. The number of non-ortho nitro benzene ring substituents is 2. The van der Waals surface area contributed by atoms with Gasteiger partial charge in [-0.15, -0.1) is 0 Å². The lowest BCUT2D eigenvalue weighted by Gasteiger charge is -2.15. The van der Waals surface area contributed by atoms with E-state index in [1.807, 2.05) is 0 Å².